The Morgan fingerprint density at radius 2 is 1.36 bits per heavy atom. The molecule has 1 saturated carbocycles. The molecule has 0 aromatic heterocycles. The van der Waals surface area contributed by atoms with E-state index in [0.717, 1.165) is 12.8 Å². The third-order valence-corrected chi connectivity index (χ3v) is 5.27. The lowest BCUT2D eigenvalue weighted by molar-refractivity contribution is -0.156. The molecule has 0 heterocycles. The van der Waals surface area contributed by atoms with Gasteiger partial charge >= 0.3 is 0 Å². The van der Waals surface area contributed by atoms with Crippen molar-refractivity contribution >= 4 is 11.8 Å². The molecule has 0 aliphatic heterocycles. The minimum absolute atomic E-state index is 0.187. The SMILES string of the molecule is CC(C)CC(CO)N(C(=O)C1(C(N)=O)CCCC1)C(CO)CC(C)C. The van der Waals surface area contributed by atoms with E-state index in [1.807, 2.05) is 27.7 Å². The zero-order valence-corrected chi connectivity index (χ0v) is 16.2. The van der Waals surface area contributed by atoms with Crippen LogP contribution in [0, 0.1) is 17.3 Å². The van der Waals surface area contributed by atoms with Crippen LogP contribution in [0.3, 0.4) is 0 Å². The molecule has 0 spiro atoms. The zero-order chi connectivity index (χ0) is 19.2. The van der Waals surface area contributed by atoms with Crippen LogP contribution < -0.4 is 5.73 Å². The Morgan fingerprint density at radius 3 is 1.64 bits per heavy atom. The number of hydrogen-bond acceptors (Lipinski definition) is 4. The minimum atomic E-state index is -1.19. The third-order valence-electron chi connectivity index (χ3n) is 5.27. The van der Waals surface area contributed by atoms with E-state index in [1.165, 1.54) is 0 Å². The summed E-state index contributed by atoms with van der Waals surface area (Å²) in [5.74, 6) is -0.336. The number of primary amides is 1. The summed E-state index contributed by atoms with van der Waals surface area (Å²) in [5, 5.41) is 19.9. The van der Waals surface area contributed by atoms with Gasteiger partial charge in [0.1, 0.15) is 5.41 Å². The van der Waals surface area contributed by atoms with Gasteiger partial charge in [0.15, 0.2) is 0 Å². The van der Waals surface area contributed by atoms with Crippen molar-refractivity contribution in [3.05, 3.63) is 0 Å². The first-order valence-electron chi connectivity index (χ1n) is 9.54. The lowest BCUT2D eigenvalue weighted by Gasteiger charge is -2.42. The fourth-order valence-corrected chi connectivity index (χ4v) is 4.06. The predicted molar refractivity (Wildman–Crippen MR) is 97.6 cm³/mol. The van der Waals surface area contributed by atoms with Crippen LogP contribution in [0.1, 0.15) is 66.2 Å². The highest BCUT2D eigenvalue weighted by Crippen LogP contribution is 2.41. The molecule has 1 aliphatic rings. The van der Waals surface area contributed by atoms with Crippen molar-refractivity contribution in [2.45, 2.75) is 78.3 Å². The molecule has 1 fully saturated rings. The van der Waals surface area contributed by atoms with Crippen LogP contribution in [-0.4, -0.2) is 52.2 Å². The number of nitrogens with zero attached hydrogens (tertiary/aromatic N) is 1. The predicted octanol–water partition coefficient (Wildman–Crippen LogP) is 1.67. The quantitative estimate of drug-likeness (QED) is 0.518. The zero-order valence-electron chi connectivity index (χ0n) is 16.2. The molecule has 6 heteroatoms. The largest absolute Gasteiger partial charge is 0.394 e. The Balaban J connectivity index is 3.27. The summed E-state index contributed by atoms with van der Waals surface area (Å²) in [6.07, 6.45) is 3.74. The summed E-state index contributed by atoms with van der Waals surface area (Å²) in [7, 11) is 0. The van der Waals surface area contributed by atoms with Crippen LogP contribution in [0.5, 0.6) is 0 Å². The molecule has 146 valence electrons. The van der Waals surface area contributed by atoms with Crippen molar-refractivity contribution in [2.24, 2.45) is 23.0 Å². The number of nitrogens with two attached hydrogens (primary N) is 1. The molecular weight excluding hydrogens is 320 g/mol. The van der Waals surface area contributed by atoms with Crippen molar-refractivity contribution in [3.63, 3.8) is 0 Å². The first-order chi connectivity index (χ1) is 11.7. The molecule has 0 aromatic carbocycles. The summed E-state index contributed by atoms with van der Waals surface area (Å²) in [6, 6.07) is -0.833. The topological polar surface area (TPSA) is 104 Å². The molecule has 4 N–H and O–H groups in total. The standard InChI is InChI=1S/C19H36N2O4/c1-13(2)9-15(11-22)21(16(12-23)10-14(3)4)18(25)19(17(20)24)7-5-6-8-19/h13-16,22-23H,5-12H2,1-4H3,(H2,20,24). The summed E-state index contributed by atoms with van der Waals surface area (Å²) in [5.41, 5.74) is 4.46. The van der Waals surface area contributed by atoms with E-state index in [9.17, 15) is 19.8 Å². The second-order valence-electron chi connectivity index (χ2n) is 8.30. The van der Waals surface area contributed by atoms with Crippen molar-refractivity contribution < 1.29 is 19.8 Å². The lowest BCUT2D eigenvalue weighted by Crippen LogP contribution is -2.58. The first kappa shape index (κ1) is 21.9. The number of amides is 2. The van der Waals surface area contributed by atoms with E-state index < -0.39 is 23.4 Å². The summed E-state index contributed by atoms with van der Waals surface area (Å²) in [4.78, 5) is 27.3. The van der Waals surface area contributed by atoms with Crippen LogP contribution >= 0.6 is 0 Å². The molecule has 2 atom stereocenters. The normalized spacial score (nSPS) is 19.2. The smallest absolute Gasteiger partial charge is 0.238 e. The molecule has 0 radical (unpaired) electrons. The van der Waals surface area contributed by atoms with E-state index in [1.54, 1.807) is 4.90 Å². The average molecular weight is 357 g/mol. The number of aliphatic hydroxyl groups excluding tert-OH is 2. The molecule has 0 aromatic rings. The molecule has 2 amide bonds. The van der Waals surface area contributed by atoms with Crippen LogP contribution in [0.4, 0.5) is 0 Å². The molecule has 25 heavy (non-hydrogen) atoms. The van der Waals surface area contributed by atoms with Crippen molar-refractivity contribution in [1.82, 2.24) is 4.90 Å². The van der Waals surface area contributed by atoms with Crippen molar-refractivity contribution in [2.75, 3.05) is 13.2 Å². The van der Waals surface area contributed by atoms with Gasteiger partial charge in [0.05, 0.1) is 25.3 Å². The molecule has 0 bridgehead atoms. The highest BCUT2D eigenvalue weighted by molar-refractivity contribution is 6.04. The van der Waals surface area contributed by atoms with Crippen LogP contribution in [-0.2, 0) is 9.59 Å². The summed E-state index contributed by atoms with van der Waals surface area (Å²) in [6.45, 7) is 7.74. The van der Waals surface area contributed by atoms with Crippen molar-refractivity contribution in [1.29, 1.82) is 0 Å². The molecule has 1 aliphatic carbocycles. The van der Waals surface area contributed by atoms with Gasteiger partial charge in [-0.2, -0.15) is 0 Å². The summed E-state index contributed by atoms with van der Waals surface area (Å²) >= 11 is 0. The monoisotopic (exact) mass is 356 g/mol. The van der Waals surface area contributed by atoms with Gasteiger partial charge in [-0.15, -0.1) is 0 Å². The Labute approximate surface area is 151 Å². The van der Waals surface area contributed by atoms with E-state index in [4.69, 9.17) is 5.73 Å². The average Bonchev–Trinajstić information content (AvgIpc) is 3.03. The van der Waals surface area contributed by atoms with Gasteiger partial charge in [-0.1, -0.05) is 40.5 Å². The van der Waals surface area contributed by atoms with E-state index in [2.05, 4.69) is 0 Å². The van der Waals surface area contributed by atoms with Crippen LogP contribution in [0.2, 0.25) is 0 Å². The Morgan fingerprint density at radius 1 is 0.960 bits per heavy atom. The maximum absolute atomic E-state index is 13.5. The van der Waals surface area contributed by atoms with Crippen LogP contribution in [0.15, 0.2) is 0 Å². The molecular formula is C19H36N2O4. The van der Waals surface area contributed by atoms with Gasteiger partial charge in [-0.05, 0) is 37.5 Å². The lowest BCUT2D eigenvalue weighted by atomic mass is 9.82. The van der Waals surface area contributed by atoms with Gasteiger partial charge in [-0.3, -0.25) is 9.59 Å². The maximum Gasteiger partial charge on any atom is 0.238 e. The fourth-order valence-electron chi connectivity index (χ4n) is 4.06. The molecule has 1 rings (SSSR count). The summed E-state index contributed by atoms with van der Waals surface area (Å²) < 4.78 is 0. The van der Waals surface area contributed by atoms with Gasteiger partial charge in [0, 0.05) is 0 Å². The van der Waals surface area contributed by atoms with E-state index >= 15 is 0 Å². The Hall–Kier alpha value is -1.14. The van der Waals surface area contributed by atoms with Gasteiger partial charge in [0.2, 0.25) is 11.8 Å². The number of aliphatic hydroxyl groups is 2. The van der Waals surface area contributed by atoms with Gasteiger partial charge in [0.25, 0.3) is 0 Å². The first-order valence-corrected chi connectivity index (χ1v) is 9.54. The van der Waals surface area contributed by atoms with E-state index in [0.29, 0.717) is 25.7 Å². The molecule has 6 nitrogen and oxygen atoms in total. The van der Waals surface area contributed by atoms with Gasteiger partial charge < -0.3 is 20.8 Å². The highest BCUT2D eigenvalue weighted by Gasteiger charge is 2.51. The third kappa shape index (κ3) is 5.17. The van der Waals surface area contributed by atoms with Crippen LogP contribution in [0.25, 0.3) is 0 Å². The maximum atomic E-state index is 13.5. The van der Waals surface area contributed by atoms with E-state index in [-0.39, 0.29) is 31.0 Å². The number of carbonyl (C=O) groups excluding carboxylic acids is 2. The molecule has 2 unspecified atom stereocenters. The number of hydrogen-bond donors (Lipinski definition) is 3. The number of carbonyl (C=O) groups is 2. The van der Waals surface area contributed by atoms with Crippen molar-refractivity contribution in [3.8, 4) is 0 Å². The van der Waals surface area contributed by atoms with Gasteiger partial charge in [-0.25, -0.2) is 0 Å². The Bertz CT molecular complexity index is 427. The Kier molecular flexibility index (Phi) is 8.35. The fraction of sp³-hybridized carbons (Fsp3) is 0.895. The highest BCUT2D eigenvalue weighted by atomic mass is 16.3. The second kappa shape index (κ2) is 9.53. The minimum Gasteiger partial charge on any atom is -0.394 e. The molecule has 0 saturated heterocycles. The second-order valence-corrected chi connectivity index (χ2v) is 8.30. The number of rotatable bonds is 10.